The third kappa shape index (κ3) is 2.08. The Hall–Kier alpha value is -0.930. The Labute approximate surface area is 121 Å². The van der Waals surface area contributed by atoms with E-state index in [1.54, 1.807) is 0 Å². The van der Waals surface area contributed by atoms with E-state index in [1.165, 1.54) is 5.57 Å². The first kappa shape index (κ1) is 14.0. The van der Waals surface area contributed by atoms with Crippen LogP contribution >= 0.6 is 0 Å². The van der Waals surface area contributed by atoms with Crippen molar-refractivity contribution in [3.63, 3.8) is 0 Å². The van der Waals surface area contributed by atoms with E-state index in [2.05, 4.69) is 18.0 Å². The Bertz CT molecular complexity index is 479. The van der Waals surface area contributed by atoms with Crippen molar-refractivity contribution in [2.24, 2.45) is 11.3 Å². The van der Waals surface area contributed by atoms with Crippen LogP contribution in [0.1, 0.15) is 39.0 Å². The second-order valence-corrected chi connectivity index (χ2v) is 6.83. The molecule has 3 heteroatoms. The molecule has 1 fully saturated rings. The number of carbonyl (C=O) groups is 1. The highest BCUT2D eigenvalue weighted by molar-refractivity contribution is 5.99. The molecule has 2 aliphatic carbocycles. The average molecular weight is 275 g/mol. The molecule has 3 nitrogen and oxygen atoms in total. The van der Waals surface area contributed by atoms with Gasteiger partial charge >= 0.3 is 0 Å². The summed E-state index contributed by atoms with van der Waals surface area (Å²) in [6.45, 7) is 4.10. The van der Waals surface area contributed by atoms with Gasteiger partial charge in [0.2, 0.25) is 0 Å². The fourth-order valence-electron chi connectivity index (χ4n) is 4.50. The second kappa shape index (κ2) is 5.12. The lowest BCUT2D eigenvalue weighted by Gasteiger charge is -2.38. The fraction of sp³-hybridized carbons (Fsp3) is 0.706. The van der Waals surface area contributed by atoms with Crippen LogP contribution in [0, 0.1) is 11.3 Å². The van der Waals surface area contributed by atoms with Crippen molar-refractivity contribution in [2.45, 2.75) is 45.1 Å². The molecule has 1 aliphatic heterocycles. The number of aliphatic hydroxyl groups is 1. The van der Waals surface area contributed by atoms with E-state index in [0.717, 1.165) is 50.8 Å². The highest BCUT2D eigenvalue weighted by Gasteiger charge is 2.55. The molecule has 0 radical (unpaired) electrons. The average Bonchev–Trinajstić information content (AvgIpc) is 2.67. The van der Waals surface area contributed by atoms with Crippen LogP contribution in [0.25, 0.3) is 0 Å². The number of hydrogen-bond donors (Lipinski definition) is 1. The fourth-order valence-corrected chi connectivity index (χ4v) is 4.50. The van der Waals surface area contributed by atoms with Gasteiger partial charge in [0, 0.05) is 6.54 Å². The monoisotopic (exact) mass is 275 g/mol. The smallest absolute Gasteiger partial charge is 0.166 e. The van der Waals surface area contributed by atoms with E-state index >= 15 is 0 Å². The zero-order chi connectivity index (χ0) is 14.3. The van der Waals surface area contributed by atoms with Gasteiger partial charge in [-0.15, -0.1) is 0 Å². The SMILES string of the molecule is CC1=CC(=O)[C@]23CCCN(C)CCC=C2[C@@H](O)C[C@@H]3C1. The van der Waals surface area contributed by atoms with Crippen molar-refractivity contribution >= 4 is 5.78 Å². The van der Waals surface area contributed by atoms with E-state index in [9.17, 15) is 9.90 Å². The molecule has 0 unspecified atom stereocenters. The van der Waals surface area contributed by atoms with Crippen LogP contribution in [0.2, 0.25) is 0 Å². The molecule has 0 saturated heterocycles. The van der Waals surface area contributed by atoms with Crippen molar-refractivity contribution in [1.29, 1.82) is 0 Å². The topological polar surface area (TPSA) is 40.5 Å². The van der Waals surface area contributed by atoms with Crippen molar-refractivity contribution in [1.82, 2.24) is 4.90 Å². The number of ketones is 1. The number of carbonyl (C=O) groups excluding carboxylic acids is 1. The maximum absolute atomic E-state index is 12.8. The van der Waals surface area contributed by atoms with Crippen molar-refractivity contribution < 1.29 is 9.90 Å². The minimum Gasteiger partial charge on any atom is -0.389 e. The molecule has 1 spiro atoms. The third-order valence-corrected chi connectivity index (χ3v) is 5.45. The van der Waals surface area contributed by atoms with Crippen molar-refractivity contribution in [3.05, 3.63) is 23.3 Å². The molecule has 0 aromatic rings. The maximum atomic E-state index is 12.8. The van der Waals surface area contributed by atoms with Gasteiger partial charge in [0.1, 0.15) is 0 Å². The number of hydrogen-bond acceptors (Lipinski definition) is 3. The van der Waals surface area contributed by atoms with E-state index in [-0.39, 0.29) is 11.2 Å². The van der Waals surface area contributed by atoms with Crippen molar-refractivity contribution in [3.8, 4) is 0 Å². The summed E-state index contributed by atoms with van der Waals surface area (Å²) in [5.41, 5.74) is 1.83. The quantitative estimate of drug-likeness (QED) is 0.690. The van der Waals surface area contributed by atoms with E-state index < -0.39 is 6.10 Å². The number of rotatable bonds is 0. The van der Waals surface area contributed by atoms with Crippen LogP contribution in [0.5, 0.6) is 0 Å². The minimum absolute atomic E-state index is 0.249. The predicted octanol–water partition coefficient (Wildman–Crippen LogP) is 2.31. The minimum atomic E-state index is -0.411. The molecule has 0 bridgehead atoms. The van der Waals surface area contributed by atoms with Gasteiger partial charge in [-0.25, -0.2) is 0 Å². The third-order valence-electron chi connectivity index (χ3n) is 5.45. The zero-order valence-electron chi connectivity index (χ0n) is 12.6. The Morgan fingerprint density at radius 2 is 2.20 bits per heavy atom. The van der Waals surface area contributed by atoms with Crippen LogP contribution in [0.4, 0.5) is 0 Å². The Balaban J connectivity index is 2.03. The largest absolute Gasteiger partial charge is 0.389 e. The molecule has 0 aromatic carbocycles. The van der Waals surface area contributed by atoms with Gasteiger partial charge in [-0.3, -0.25) is 4.79 Å². The van der Waals surface area contributed by atoms with Crippen LogP contribution in [-0.4, -0.2) is 42.0 Å². The van der Waals surface area contributed by atoms with Gasteiger partial charge in [-0.2, -0.15) is 0 Å². The summed E-state index contributed by atoms with van der Waals surface area (Å²) in [6.07, 6.45) is 8.19. The Morgan fingerprint density at radius 3 is 3.00 bits per heavy atom. The van der Waals surface area contributed by atoms with Crippen LogP contribution in [-0.2, 0) is 4.79 Å². The van der Waals surface area contributed by atoms with Gasteiger partial charge in [0.25, 0.3) is 0 Å². The lowest BCUT2D eigenvalue weighted by Crippen LogP contribution is -2.39. The molecule has 3 rings (SSSR count). The van der Waals surface area contributed by atoms with Gasteiger partial charge in [-0.1, -0.05) is 11.6 Å². The van der Waals surface area contributed by atoms with E-state index in [4.69, 9.17) is 0 Å². The lowest BCUT2D eigenvalue weighted by molar-refractivity contribution is -0.125. The van der Waals surface area contributed by atoms with Gasteiger partial charge in [-0.05, 0) is 70.2 Å². The highest BCUT2D eigenvalue weighted by Crippen LogP contribution is 2.56. The van der Waals surface area contributed by atoms with Gasteiger partial charge in [0.15, 0.2) is 5.78 Å². The lowest BCUT2D eigenvalue weighted by atomic mass is 9.64. The maximum Gasteiger partial charge on any atom is 0.166 e. The molecule has 1 N–H and O–H groups in total. The summed E-state index contributed by atoms with van der Waals surface area (Å²) in [6, 6.07) is 0. The van der Waals surface area contributed by atoms with Crippen LogP contribution in [0.3, 0.4) is 0 Å². The summed E-state index contributed by atoms with van der Waals surface area (Å²) in [7, 11) is 2.14. The first-order valence-electron chi connectivity index (χ1n) is 7.83. The summed E-state index contributed by atoms with van der Waals surface area (Å²) in [5.74, 6) is 0.559. The molecule has 20 heavy (non-hydrogen) atoms. The van der Waals surface area contributed by atoms with E-state index in [0.29, 0.717) is 5.92 Å². The molecule has 3 atom stereocenters. The summed E-state index contributed by atoms with van der Waals surface area (Å²) in [4.78, 5) is 15.1. The number of aliphatic hydroxyl groups excluding tert-OH is 1. The Kier molecular flexibility index (Phi) is 3.59. The molecule has 110 valence electrons. The van der Waals surface area contributed by atoms with Gasteiger partial charge in [0.05, 0.1) is 11.5 Å². The normalized spacial score (nSPS) is 39.0. The Morgan fingerprint density at radius 1 is 1.40 bits per heavy atom. The number of allylic oxidation sites excluding steroid dienone is 2. The van der Waals surface area contributed by atoms with Crippen LogP contribution < -0.4 is 0 Å². The molecule has 1 heterocycles. The standard InChI is InChI=1S/C17H25NO2/c1-12-9-13-11-15(19)14-5-3-7-18(2)8-4-6-17(13,14)16(20)10-12/h5,10,13,15,19H,3-4,6-9,11H2,1-2H3/t13-,15-,17-/m0/s1. The van der Waals surface area contributed by atoms with Crippen LogP contribution in [0.15, 0.2) is 23.3 Å². The van der Waals surface area contributed by atoms with Gasteiger partial charge < -0.3 is 10.0 Å². The molecule has 0 amide bonds. The summed E-state index contributed by atoms with van der Waals surface area (Å²) < 4.78 is 0. The molecule has 0 aromatic heterocycles. The summed E-state index contributed by atoms with van der Waals surface area (Å²) in [5, 5.41) is 10.5. The zero-order valence-corrected chi connectivity index (χ0v) is 12.6. The molecular formula is C17H25NO2. The summed E-state index contributed by atoms with van der Waals surface area (Å²) >= 11 is 0. The van der Waals surface area contributed by atoms with E-state index in [1.807, 2.05) is 13.0 Å². The molecular weight excluding hydrogens is 250 g/mol. The predicted molar refractivity (Wildman–Crippen MR) is 79.4 cm³/mol. The highest BCUT2D eigenvalue weighted by atomic mass is 16.3. The number of nitrogens with zero attached hydrogens (tertiary/aromatic N) is 1. The molecule has 1 saturated carbocycles. The first-order valence-corrected chi connectivity index (χ1v) is 7.83. The van der Waals surface area contributed by atoms with Crippen molar-refractivity contribution in [2.75, 3.05) is 20.1 Å². The second-order valence-electron chi connectivity index (χ2n) is 6.83. The first-order chi connectivity index (χ1) is 9.54. The molecule has 3 aliphatic rings.